The Hall–Kier alpha value is -1.67. The average Bonchev–Trinajstić information content (AvgIpc) is 2.52. The van der Waals surface area contributed by atoms with Crippen LogP contribution in [0.4, 0.5) is 0 Å². The zero-order valence-corrected chi connectivity index (χ0v) is 14.9. The van der Waals surface area contributed by atoms with Gasteiger partial charge in [0.2, 0.25) is 0 Å². The summed E-state index contributed by atoms with van der Waals surface area (Å²) in [6, 6.07) is 6.99. The molecule has 1 atom stereocenters. The molecule has 23 heavy (non-hydrogen) atoms. The molecule has 0 fully saturated rings. The van der Waals surface area contributed by atoms with Crippen molar-refractivity contribution < 1.29 is 9.59 Å². The zero-order chi connectivity index (χ0) is 17.2. The molecule has 0 bridgehead atoms. The minimum absolute atomic E-state index is 0.0253. The predicted molar refractivity (Wildman–Crippen MR) is 95.3 cm³/mol. The van der Waals surface area contributed by atoms with Crippen LogP contribution in [-0.4, -0.2) is 16.9 Å². The van der Waals surface area contributed by atoms with Gasteiger partial charge in [0.05, 0.1) is 5.41 Å². The lowest BCUT2D eigenvalue weighted by molar-refractivity contribution is 0.0702. The second-order valence-electron chi connectivity index (χ2n) is 6.73. The first-order valence-corrected chi connectivity index (χ1v) is 8.32. The number of hydrogen-bond acceptors (Lipinski definition) is 2. The van der Waals surface area contributed by atoms with Crippen molar-refractivity contribution in [3.8, 4) is 0 Å². The van der Waals surface area contributed by atoms with Gasteiger partial charge in [-0.05, 0) is 40.5 Å². The Balaban J connectivity index is 2.60. The quantitative estimate of drug-likeness (QED) is 0.549. The lowest BCUT2D eigenvalue weighted by atomic mass is 9.65. The molecular weight excluding hydrogens is 308 g/mol. The highest BCUT2D eigenvalue weighted by Gasteiger charge is 2.51. The fourth-order valence-electron chi connectivity index (χ4n) is 2.91. The standard InChI is InChI=1S/C20H23ClO2/c1-13(2)9-11-20(12-10-14(3)4)18(21)17(22)15-7-5-6-8-16(15)19(20)23/h5-10,18H,11-12H2,1-4H3. The smallest absolute Gasteiger partial charge is 0.182 e. The minimum atomic E-state index is -0.901. The molecule has 1 aliphatic carbocycles. The van der Waals surface area contributed by atoms with Crippen molar-refractivity contribution in [1.82, 2.24) is 0 Å². The highest BCUT2D eigenvalue weighted by atomic mass is 35.5. The van der Waals surface area contributed by atoms with Crippen LogP contribution in [-0.2, 0) is 0 Å². The molecule has 3 heteroatoms. The predicted octanol–water partition coefficient (Wildman–Crippen LogP) is 5.37. The van der Waals surface area contributed by atoms with E-state index >= 15 is 0 Å². The largest absolute Gasteiger partial charge is 0.293 e. The summed E-state index contributed by atoms with van der Waals surface area (Å²) in [5, 5.41) is -0.837. The van der Waals surface area contributed by atoms with Crippen LogP contribution in [0.15, 0.2) is 47.6 Å². The molecule has 0 N–H and O–H groups in total. The molecule has 1 aromatic carbocycles. The summed E-state index contributed by atoms with van der Waals surface area (Å²) in [5.74, 6) is -0.172. The monoisotopic (exact) mass is 330 g/mol. The van der Waals surface area contributed by atoms with Crippen molar-refractivity contribution >= 4 is 23.2 Å². The van der Waals surface area contributed by atoms with E-state index in [-0.39, 0.29) is 11.6 Å². The maximum Gasteiger partial charge on any atom is 0.182 e. The van der Waals surface area contributed by atoms with Gasteiger partial charge >= 0.3 is 0 Å². The number of halogens is 1. The molecule has 0 saturated carbocycles. The molecule has 1 aliphatic rings. The summed E-state index contributed by atoms with van der Waals surface area (Å²) in [5.41, 5.74) is 2.27. The van der Waals surface area contributed by atoms with Crippen LogP contribution in [0, 0.1) is 5.41 Å². The third-order valence-electron chi connectivity index (χ3n) is 4.35. The van der Waals surface area contributed by atoms with Gasteiger partial charge in [-0.2, -0.15) is 0 Å². The Bertz CT molecular complexity index is 669. The first kappa shape index (κ1) is 17.7. The molecule has 2 nitrogen and oxygen atoms in total. The van der Waals surface area contributed by atoms with Crippen LogP contribution in [0.3, 0.4) is 0 Å². The Morgan fingerprint density at radius 3 is 1.96 bits per heavy atom. The Kier molecular flexibility index (Phi) is 5.26. The number of carbonyl (C=O) groups is 2. The Morgan fingerprint density at radius 2 is 1.48 bits per heavy atom. The second-order valence-corrected chi connectivity index (χ2v) is 7.17. The number of hydrogen-bond donors (Lipinski definition) is 0. The summed E-state index contributed by atoms with van der Waals surface area (Å²) in [6.07, 6.45) is 4.97. The SMILES string of the molecule is CC(C)=CCC1(CC=C(C)C)C(=O)c2ccccc2C(=O)C1Cl. The van der Waals surface area contributed by atoms with Gasteiger partial charge in [0.1, 0.15) is 5.38 Å². The van der Waals surface area contributed by atoms with Gasteiger partial charge in [-0.25, -0.2) is 0 Å². The molecule has 0 aliphatic heterocycles. The van der Waals surface area contributed by atoms with Gasteiger partial charge in [0.25, 0.3) is 0 Å². The number of rotatable bonds is 4. The summed E-state index contributed by atoms with van der Waals surface area (Å²) in [6.45, 7) is 7.95. The first-order valence-electron chi connectivity index (χ1n) is 7.88. The van der Waals surface area contributed by atoms with E-state index in [1.54, 1.807) is 24.3 Å². The van der Waals surface area contributed by atoms with Crippen molar-refractivity contribution in [2.45, 2.75) is 45.9 Å². The van der Waals surface area contributed by atoms with E-state index in [1.807, 2.05) is 39.8 Å². The lowest BCUT2D eigenvalue weighted by Crippen LogP contribution is -2.48. The third-order valence-corrected chi connectivity index (χ3v) is 4.97. The first-order chi connectivity index (χ1) is 10.8. The van der Waals surface area contributed by atoms with Gasteiger partial charge in [-0.1, -0.05) is 47.6 Å². The molecule has 122 valence electrons. The molecule has 1 unspecified atom stereocenters. The van der Waals surface area contributed by atoms with Gasteiger partial charge in [0, 0.05) is 11.1 Å². The summed E-state index contributed by atoms with van der Waals surface area (Å²) < 4.78 is 0. The number of alkyl halides is 1. The number of fused-ring (bicyclic) bond motifs is 1. The number of carbonyl (C=O) groups excluding carboxylic acids is 2. The van der Waals surface area contributed by atoms with Crippen molar-refractivity contribution in [2.75, 3.05) is 0 Å². The Labute approximate surface area is 143 Å². The molecule has 0 saturated heterocycles. The van der Waals surface area contributed by atoms with Crippen molar-refractivity contribution in [3.05, 3.63) is 58.7 Å². The second kappa shape index (κ2) is 6.84. The number of benzene rings is 1. The van der Waals surface area contributed by atoms with E-state index in [1.165, 1.54) is 0 Å². The van der Waals surface area contributed by atoms with Gasteiger partial charge in [-0.3, -0.25) is 9.59 Å². The number of ketones is 2. The Morgan fingerprint density at radius 1 is 1.00 bits per heavy atom. The molecule has 0 amide bonds. The summed E-state index contributed by atoms with van der Waals surface area (Å²) >= 11 is 6.55. The lowest BCUT2D eigenvalue weighted by Gasteiger charge is -2.38. The molecule has 1 aromatic rings. The van der Waals surface area contributed by atoms with Crippen LogP contribution >= 0.6 is 11.6 Å². The van der Waals surface area contributed by atoms with E-state index in [9.17, 15) is 9.59 Å². The number of Topliss-reactive ketones (excluding diaryl/α,β-unsaturated/α-hetero) is 2. The van der Waals surface area contributed by atoms with E-state index in [0.29, 0.717) is 24.0 Å². The van der Waals surface area contributed by atoms with Crippen LogP contribution in [0.25, 0.3) is 0 Å². The minimum Gasteiger partial charge on any atom is -0.293 e. The van der Waals surface area contributed by atoms with Crippen LogP contribution in [0.1, 0.15) is 61.3 Å². The zero-order valence-electron chi connectivity index (χ0n) is 14.2. The molecule has 2 rings (SSSR count). The van der Waals surface area contributed by atoms with Crippen molar-refractivity contribution in [3.63, 3.8) is 0 Å². The highest BCUT2D eigenvalue weighted by Crippen LogP contribution is 2.45. The molecule has 0 spiro atoms. The van der Waals surface area contributed by atoms with Gasteiger partial charge in [0.15, 0.2) is 11.6 Å². The molecular formula is C20H23ClO2. The summed E-state index contributed by atoms with van der Waals surface area (Å²) in [4.78, 5) is 26.0. The maximum absolute atomic E-state index is 13.2. The average molecular weight is 331 g/mol. The number of allylic oxidation sites excluding steroid dienone is 4. The normalized spacial score (nSPS) is 19.1. The molecule has 0 aromatic heterocycles. The van der Waals surface area contributed by atoms with E-state index in [0.717, 1.165) is 11.1 Å². The van der Waals surface area contributed by atoms with E-state index in [2.05, 4.69) is 0 Å². The van der Waals surface area contributed by atoms with Crippen LogP contribution in [0.2, 0.25) is 0 Å². The van der Waals surface area contributed by atoms with Gasteiger partial charge in [-0.15, -0.1) is 11.6 Å². The van der Waals surface area contributed by atoms with Crippen LogP contribution in [0.5, 0.6) is 0 Å². The van der Waals surface area contributed by atoms with E-state index < -0.39 is 10.8 Å². The van der Waals surface area contributed by atoms with E-state index in [4.69, 9.17) is 11.6 Å². The van der Waals surface area contributed by atoms with Gasteiger partial charge < -0.3 is 0 Å². The fraction of sp³-hybridized carbons (Fsp3) is 0.400. The van der Waals surface area contributed by atoms with Crippen molar-refractivity contribution in [2.24, 2.45) is 5.41 Å². The van der Waals surface area contributed by atoms with Crippen LogP contribution < -0.4 is 0 Å². The third kappa shape index (κ3) is 3.32. The fourth-order valence-corrected chi connectivity index (χ4v) is 3.31. The topological polar surface area (TPSA) is 34.1 Å². The molecule has 0 heterocycles. The summed E-state index contributed by atoms with van der Waals surface area (Å²) in [7, 11) is 0. The highest BCUT2D eigenvalue weighted by molar-refractivity contribution is 6.39. The molecule has 0 radical (unpaired) electrons. The maximum atomic E-state index is 13.2. The van der Waals surface area contributed by atoms with Crippen molar-refractivity contribution in [1.29, 1.82) is 0 Å².